The summed E-state index contributed by atoms with van der Waals surface area (Å²) in [5.41, 5.74) is 1.02. The standard InChI is InChI=1S/C10H17N3O3S/c1-16-10-4-3-9(8-12-10)7-11-5-6-13-17(2,14)15/h3-4,8,11,13H,5-7H2,1-2H3. The fourth-order valence-corrected chi connectivity index (χ4v) is 1.67. The molecule has 1 rings (SSSR count). The van der Waals surface area contributed by atoms with E-state index >= 15 is 0 Å². The van der Waals surface area contributed by atoms with E-state index in [2.05, 4.69) is 15.0 Å². The highest BCUT2D eigenvalue weighted by Gasteiger charge is 1.99. The molecule has 0 saturated heterocycles. The van der Waals surface area contributed by atoms with Crippen molar-refractivity contribution >= 4 is 10.0 Å². The molecule has 0 aliphatic carbocycles. The minimum Gasteiger partial charge on any atom is -0.481 e. The first-order valence-electron chi connectivity index (χ1n) is 5.15. The van der Waals surface area contributed by atoms with E-state index < -0.39 is 10.0 Å². The first-order chi connectivity index (χ1) is 8.01. The van der Waals surface area contributed by atoms with E-state index in [9.17, 15) is 8.42 Å². The minimum absolute atomic E-state index is 0.377. The summed E-state index contributed by atoms with van der Waals surface area (Å²) in [6, 6.07) is 3.69. The van der Waals surface area contributed by atoms with Crippen molar-refractivity contribution in [2.45, 2.75) is 6.54 Å². The molecule has 0 aromatic carbocycles. The van der Waals surface area contributed by atoms with Gasteiger partial charge in [-0.15, -0.1) is 0 Å². The lowest BCUT2D eigenvalue weighted by Crippen LogP contribution is -2.30. The van der Waals surface area contributed by atoms with Gasteiger partial charge in [0, 0.05) is 31.9 Å². The van der Waals surface area contributed by atoms with Gasteiger partial charge in [0.2, 0.25) is 15.9 Å². The van der Waals surface area contributed by atoms with Crippen molar-refractivity contribution in [3.05, 3.63) is 23.9 Å². The van der Waals surface area contributed by atoms with Crippen molar-refractivity contribution in [1.29, 1.82) is 0 Å². The first-order valence-corrected chi connectivity index (χ1v) is 7.04. The molecular weight excluding hydrogens is 242 g/mol. The van der Waals surface area contributed by atoms with E-state index in [-0.39, 0.29) is 0 Å². The van der Waals surface area contributed by atoms with Gasteiger partial charge in [0.15, 0.2) is 0 Å². The van der Waals surface area contributed by atoms with Crippen LogP contribution in [0, 0.1) is 0 Å². The van der Waals surface area contributed by atoms with E-state index in [1.54, 1.807) is 19.4 Å². The number of ether oxygens (including phenoxy) is 1. The molecule has 7 heteroatoms. The third-order valence-electron chi connectivity index (χ3n) is 2.00. The molecule has 17 heavy (non-hydrogen) atoms. The first kappa shape index (κ1) is 13.9. The molecule has 0 radical (unpaired) electrons. The Kier molecular flexibility index (Phi) is 5.33. The molecule has 0 saturated carbocycles. The summed E-state index contributed by atoms with van der Waals surface area (Å²) >= 11 is 0. The van der Waals surface area contributed by atoms with Gasteiger partial charge in [-0.2, -0.15) is 0 Å². The molecule has 2 N–H and O–H groups in total. The van der Waals surface area contributed by atoms with Gasteiger partial charge >= 0.3 is 0 Å². The third-order valence-corrected chi connectivity index (χ3v) is 2.73. The summed E-state index contributed by atoms with van der Waals surface area (Å²) in [5, 5.41) is 3.10. The molecule has 96 valence electrons. The lowest BCUT2D eigenvalue weighted by Gasteiger charge is -2.05. The maximum atomic E-state index is 10.8. The topological polar surface area (TPSA) is 80.3 Å². The second-order valence-electron chi connectivity index (χ2n) is 3.55. The van der Waals surface area contributed by atoms with Gasteiger partial charge in [0.1, 0.15) is 0 Å². The van der Waals surface area contributed by atoms with Crippen LogP contribution >= 0.6 is 0 Å². The van der Waals surface area contributed by atoms with Crippen LogP contribution in [0.15, 0.2) is 18.3 Å². The Balaban J connectivity index is 2.22. The molecular formula is C10H17N3O3S. The number of pyridine rings is 1. The van der Waals surface area contributed by atoms with Crippen LogP contribution in [0.4, 0.5) is 0 Å². The third kappa shape index (κ3) is 6.20. The van der Waals surface area contributed by atoms with Crippen LogP contribution in [0.3, 0.4) is 0 Å². The van der Waals surface area contributed by atoms with Crippen LogP contribution in [0.25, 0.3) is 0 Å². The van der Waals surface area contributed by atoms with Gasteiger partial charge in [-0.3, -0.25) is 0 Å². The zero-order chi connectivity index (χ0) is 12.7. The van der Waals surface area contributed by atoms with Crippen molar-refractivity contribution in [3.63, 3.8) is 0 Å². The zero-order valence-electron chi connectivity index (χ0n) is 9.93. The van der Waals surface area contributed by atoms with Crippen LogP contribution < -0.4 is 14.8 Å². The quantitative estimate of drug-likeness (QED) is 0.659. The molecule has 0 aliphatic rings. The number of hydrogen-bond acceptors (Lipinski definition) is 5. The maximum Gasteiger partial charge on any atom is 0.212 e. The molecule has 0 amide bonds. The van der Waals surface area contributed by atoms with Gasteiger partial charge in [0.25, 0.3) is 0 Å². The maximum absolute atomic E-state index is 10.8. The number of methoxy groups -OCH3 is 1. The van der Waals surface area contributed by atoms with Gasteiger partial charge in [-0.25, -0.2) is 18.1 Å². The smallest absolute Gasteiger partial charge is 0.212 e. The summed E-state index contributed by atoms with van der Waals surface area (Å²) in [6.07, 6.45) is 2.86. The second-order valence-corrected chi connectivity index (χ2v) is 5.39. The van der Waals surface area contributed by atoms with Crippen LogP contribution in [0.2, 0.25) is 0 Å². The van der Waals surface area contributed by atoms with Crippen LogP contribution in [-0.4, -0.2) is 39.9 Å². The highest BCUT2D eigenvalue weighted by Crippen LogP contribution is 2.05. The highest BCUT2D eigenvalue weighted by atomic mass is 32.2. The molecule has 1 aromatic rings. The summed E-state index contributed by atoms with van der Waals surface area (Å²) in [5.74, 6) is 0.576. The average molecular weight is 259 g/mol. The van der Waals surface area contributed by atoms with Crippen molar-refractivity contribution in [2.24, 2.45) is 0 Å². The van der Waals surface area contributed by atoms with Gasteiger partial charge in [-0.1, -0.05) is 6.07 Å². The number of sulfonamides is 1. The summed E-state index contributed by atoms with van der Waals surface area (Å²) < 4.78 is 28.9. The zero-order valence-corrected chi connectivity index (χ0v) is 10.8. The van der Waals surface area contributed by atoms with Crippen molar-refractivity contribution in [2.75, 3.05) is 26.5 Å². The largest absolute Gasteiger partial charge is 0.481 e. The average Bonchev–Trinajstić information content (AvgIpc) is 2.28. The summed E-state index contributed by atoms with van der Waals surface area (Å²) in [4.78, 5) is 4.06. The number of aromatic nitrogens is 1. The summed E-state index contributed by atoms with van der Waals surface area (Å²) in [7, 11) is -1.53. The van der Waals surface area contributed by atoms with Crippen LogP contribution in [-0.2, 0) is 16.6 Å². The fourth-order valence-electron chi connectivity index (χ4n) is 1.19. The van der Waals surface area contributed by atoms with Gasteiger partial charge in [-0.05, 0) is 5.56 Å². The molecule has 0 aliphatic heterocycles. The van der Waals surface area contributed by atoms with Crippen molar-refractivity contribution < 1.29 is 13.2 Å². The Morgan fingerprint density at radius 1 is 1.35 bits per heavy atom. The van der Waals surface area contributed by atoms with Crippen molar-refractivity contribution in [1.82, 2.24) is 15.0 Å². The molecule has 0 bridgehead atoms. The predicted molar refractivity (Wildman–Crippen MR) is 65.3 cm³/mol. The van der Waals surface area contributed by atoms with Crippen LogP contribution in [0.1, 0.15) is 5.56 Å². The number of nitrogens with one attached hydrogen (secondary N) is 2. The molecule has 1 aromatic heterocycles. The summed E-state index contributed by atoms with van der Waals surface area (Å²) in [6.45, 7) is 1.59. The lowest BCUT2D eigenvalue weighted by atomic mass is 10.3. The molecule has 6 nitrogen and oxygen atoms in total. The highest BCUT2D eigenvalue weighted by molar-refractivity contribution is 7.88. The SMILES string of the molecule is COc1ccc(CNCCNS(C)(=O)=O)cn1. The number of nitrogens with zero attached hydrogens (tertiary/aromatic N) is 1. The Morgan fingerprint density at radius 2 is 2.12 bits per heavy atom. The van der Waals surface area contributed by atoms with Gasteiger partial charge in [0.05, 0.1) is 13.4 Å². The molecule has 1 heterocycles. The number of rotatable bonds is 7. The van der Waals surface area contributed by atoms with E-state index in [1.807, 2.05) is 6.07 Å². The number of hydrogen-bond donors (Lipinski definition) is 2. The Hall–Kier alpha value is -1.18. The molecule has 0 spiro atoms. The second kappa shape index (κ2) is 6.53. The predicted octanol–water partition coefficient (Wildman–Crippen LogP) is -0.271. The Morgan fingerprint density at radius 3 is 2.65 bits per heavy atom. The van der Waals surface area contributed by atoms with Crippen molar-refractivity contribution in [3.8, 4) is 5.88 Å². The van der Waals surface area contributed by atoms with E-state index in [0.29, 0.717) is 25.5 Å². The van der Waals surface area contributed by atoms with Gasteiger partial charge < -0.3 is 10.1 Å². The normalized spacial score (nSPS) is 11.4. The Bertz CT molecular complexity index is 431. The van der Waals surface area contributed by atoms with E-state index in [4.69, 9.17) is 4.74 Å². The molecule has 0 fully saturated rings. The molecule has 0 unspecified atom stereocenters. The van der Waals surface area contributed by atoms with E-state index in [1.165, 1.54) is 0 Å². The fraction of sp³-hybridized carbons (Fsp3) is 0.500. The lowest BCUT2D eigenvalue weighted by molar-refractivity contribution is 0.397. The minimum atomic E-state index is -3.10. The van der Waals surface area contributed by atoms with E-state index in [0.717, 1.165) is 11.8 Å². The van der Waals surface area contributed by atoms with Crippen LogP contribution in [0.5, 0.6) is 5.88 Å². The Labute approximate surface area is 101 Å². The monoisotopic (exact) mass is 259 g/mol. The molecule has 0 atom stereocenters.